The number of anilines is 1. The molecule has 0 aromatic heterocycles. The molecule has 0 heterocycles. The van der Waals surface area contributed by atoms with Crippen molar-refractivity contribution in [3.05, 3.63) is 89.5 Å². The molecule has 0 spiro atoms. The number of carbonyl (C=O) groups is 1. The van der Waals surface area contributed by atoms with E-state index in [0.717, 1.165) is 11.3 Å². The molecule has 0 atom stereocenters. The van der Waals surface area contributed by atoms with Crippen LogP contribution in [0.15, 0.2) is 94.0 Å². The van der Waals surface area contributed by atoms with E-state index in [1.807, 2.05) is 36.2 Å². The van der Waals surface area contributed by atoms with Gasteiger partial charge in [-0.1, -0.05) is 23.7 Å². The minimum absolute atomic E-state index is 0.206. The van der Waals surface area contributed by atoms with E-state index in [9.17, 15) is 13.2 Å². The predicted molar refractivity (Wildman–Crippen MR) is 132 cm³/mol. The molecular weight excluding hydrogens is 478 g/mol. The molecule has 0 fully saturated rings. The van der Waals surface area contributed by atoms with Crippen molar-refractivity contribution in [2.45, 2.75) is 4.90 Å². The van der Waals surface area contributed by atoms with Crippen LogP contribution < -0.4 is 4.90 Å². The van der Waals surface area contributed by atoms with E-state index in [0.29, 0.717) is 22.9 Å². The van der Waals surface area contributed by atoms with Crippen molar-refractivity contribution in [3.8, 4) is 0 Å². The molecule has 0 saturated heterocycles. The summed E-state index contributed by atoms with van der Waals surface area (Å²) in [7, 11) is -2.36. The highest BCUT2D eigenvalue weighted by atomic mass is 35.5. The van der Waals surface area contributed by atoms with E-state index in [-0.39, 0.29) is 11.5 Å². The van der Waals surface area contributed by atoms with Gasteiger partial charge >= 0.3 is 5.97 Å². The third kappa shape index (κ3) is 7.80. The number of hydrogen-bond acceptors (Lipinski definition) is 7. The van der Waals surface area contributed by atoms with Gasteiger partial charge < -0.3 is 9.64 Å². The molecule has 0 aliphatic rings. The van der Waals surface area contributed by atoms with Gasteiger partial charge in [-0.3, -0.25) is 4.55 Å². The number of ether oxygens (including phenoxy) is 1. The zero-order valence-corrected chi connectivity index (χ0v) is 19.8. The van der Waals surface area contributed by atoms with Crippen LogP contribution in [0.5, 0.6) is 0 Å². The van der Waals surface area contributed by atoms with E-state index in [1.165, 1.54) is 30.3 Å². The fourth-order valence-corrected chi connectivity index (χ4v) is 3.38. The average molecular weight is 500 g/mol. The Balaban J connectivity index is 1.47. The maximum Gasteiger partial charge on any atom is 0.330 e. The van der Waals surface area contributed by atoms with Gasteiger partial charge in [-0.25, -0.2) is 4.79 Å². The molecule has 0 amide bonds. The van der Waals surface area contributed by atoms with Gasteiger partial charge in [0.1, 0.15) is 6.61 Å². The average Bonchev–Trinajstić information content (AvgIpc) is 2.82. The van der Waals surface area contributed by atoms with E-state index >= 15 is 0 Å². The van der Waals surface area contributed by atoms with Crippen molar-refractivity contribution < 1.29 is 22.5 Å². The number of rotatable bonds is 9. The van der Waals surface area contributed by atoms with Gasteiger partial charge in [0.05, 0.1) is 22.8 Å². The highest BCUT2D eigenvalue weighted by molar-refractivity contribution is 7.85. The molecule has 3 aromatic rings. The molecular formula is C24H22ClN3O5S. The fraction of sp³-hybridized carbons (Fsp3) is 0.125. The maximum absolute atomic E-state index is 11.9. The summed E-state index contributed by atoms with van der Waals surface area (Å²) < 4.78 is 36.4. The number of nitrogens with zero attached hydrogens (tertiary/aromatic N) is 3. The molecule has 34 heavy (non-hydrogen) atoms. The first kappa shape index (κ1) is 25.1. The van der Waals surface area contributed by atoms with Gasteiger partial charge in [0.25, 0.3) is 10.1 Å². The summed E-state index contributed by atoms with van der Waals surface area (Å²) in [5.41, 5.74) is 2.81. The van der Waals surface area contributed by atoms with Crippen molar-refractivity contribution in [2.24, 2.45) is 10.2 Å². The predicted octanol–water partition coefficient (Wildman–Crippen LogP) is 5.69. The Labute approximate surface area is 202 Å². The second-order valence-electron chi connectivity index (χ2n) is 7.16. The van der Waals surface area contributed by atoms with Gasteiger partial charge in [-0.2, -0.15) is 18.6 Å². The Hall–Kier alpha value is -3.53. The molecule has 176 valence electrons. The lowest BCUT2D eigenvalue weighted by atomic mass is 10.2. The lowest BCUT2D eigenvalue weighted by Gasteiger charge is -2.18. The van der Waals surface area contributed by atoms with Crippen molar-refractivity contribution >= 4 is 50.8 Å². The summed E-state index contributed by atoms with van der Waals surface area (Å²) in [6.45, 7) is 0.725. The Kier molecular flexibility index (Phi) is 8.53. The van der Waals surface area contributed by atoms with Crippen LogP contribution in [0.3, 0.4) is 0 Å². The standard InChI is InChI=1S/C24H22ClN3O5S/c1-28(16-17-33-24(29)15-4-18-2-5-19(25)6-3-18)22-11-7-20(8-12-22)26-27-21-9-13-23(14-10-21)34(30,31)32/h2-15H,16-17H2,1H3,(H,30,31,32). The quantitative estimate of drug-likeness (QED) is 0.175. The highest BCUT2D eigenvalue weighted by Crippen LogP contribution is 2.22. The third-order valence-electron chi connectivity index (χ3n) is 4.66. The first-order valence-corrected chi connectivity index (χ1v) is 11.9. The number of esters is 1. The zero-order valence-electron chi connectivity index (χ0n) is 18.2. The molecule has 0 saturated carbocycles. The first-order valence-electron chi connectivity index (χ1n) is 10.1. The van der Waals surface area contributed by atoms with E-state index < -0.39 is 16.1 Å². The highest BCUT2D eigenvalue weighted by Gasteiger charge is 2.08. The van der Waals surface area contributed by atoms with E-state index in [2.05, 4.69) is 10.2 Å². The van der Waals surface area contributed by atoms with E-state index in [4.69, 9.17) is 20.9 Å². The Morgan fingerprint density at radius 1 is 0.971 bits per heavy atom. The zero-order chi connectivity index (χ0) is 24.6. The van der Waals surface area contributed by atoms with E-state index in [1.54, 1.807) is 30.3 Å². The minimum atomic E-state index is -4.24. The maximum atomic E-state index is 11.9. The molecule has 0 unspecified atom stereocenters. The van der Waals surface area contributed by atoms with Crippen LogP contribution in [-0.2, 0) is 19.6 Å². The number of benzene rings is 3. The molecule has 8 nitrogen and oxygen atoms in total. The van der Waals surface area contributed by atoms with Crippen molar-refractivity contribution in [1.29, 1.82) is 0 Å². The van der Waals surface area contributed by atoms with Crippen molar-refractivity contribution in [3.63, 3.8) is 0 Å². The monoisotopic (exact) mass is 499 g/mol. The van der Waals surface area contributed by atoms with Crippen LogP contribution in [0.2, 0.25) is 5.02 Å². The van der Waals surface area contributed by atoms with Gasteiger partial charge in [-0.15, -0.1) is 0 Å². The summed E-state index contributed by atoms with van der Waals surface area (Å²) in [6.07, 6.45) is 3.04. The molecule has 3 rings (SSSR count). The van der Waals surface area contributed by atoms with Crippen molar-refractivity contribution in [2.75, 3.05) is 25.1 Å². The number of azo groups is 1. The molecule has 0 aliphatic carbocycles. The van der Waals surface area contributed by atoms with Gasteiger partial charge in [0.15, 0.2) is 0 Å². The normalized spacial score (nSPS) is 11.7. The van der Waals surface area contributed by atoms with Crippen LogP contribution in [0, 0.1) is 0 Å². The Morgan fingerprint density at radius 3 is 2.09 bits per heavy atom. The summed E-state index contributed by atoms with van der Waals surface area (Å²) in [5.74, 6) is -0.427. The second kappa shape index (κ2) is 11.6. The summed E-state index contributed by atoms with van der Waals surface area (Å²) in [4.78, 5) is 13.6. The molecule has 0 bridgehead atoms. The number of likely N-dealkylation sites (N-methyl/N-ethyl adjacent to an activating group) is 1. The number of hydrogen-bond donors (Lipinski definition) is 1. The molecule has 1 N–H and O–H groups in total. The topological polar surface area (TPSA) is 109 Å². The van der Waals surface area contributed by atoms with Crippen LogP contribution in [0.1, 0.15) is 5.56 Å². The van der Waals surface area contributed by atoms with Gasteiger partial charge in [0, 0.05) is 23.8 Å². The fourth-order valence-electron chi connectivity index (χ4n) is 2.77. The Morgan fingerprint density at radius 2 is 1.53 bits per heavy atom. The van der Waals surface area contributed by atoms with Gasteiger partial charge in [-0.05, 0) is 72.3 Å². The third-order valence-corrected chi connectivity index (χ3v) is 5.78. The molecule has 10 heteroatoms. The molecule has 0 radical (unpaired) electrons. The summed E-state index contributed by atoms with van der Waals surface area (Å²) in [5, 5.41) is 8.80. The smallest absolute Gasteiger partial charge is 0.330 e. The van der Waals surface area contributed by atoms with Crippen LogP contribution in [0.4, 0.5) is 17.1 Å². The summed E-state index contributed by atoms with van der Waals surface area (Å²) in [6, 6.07) is 19.8. The Bertz CT molecular complexity index is 1270. The van der Waals surface area contributed by atoms with Crippen LogP contribution >= 0.6 is 11.6 Å². The summed E-state index contributed by atoms with van der Waals surface area (Å²) >= 11 is 5.84. The number of carbonyl (C=O) groups excluding carboxylic acids is 1. The van der Waals surface area contributed by atoms with Crippen LogP contribution in [0.25, 0.3) is 6.08 Å². The van der Waals surface area contributed by atoms with Crippen LogP contribution in [-0.4, -0.2) is 39.1 Å². The lowest BCUT2D eigenvalue weighted by molar-refractivity contribution is -0.137. The second-order valence-corrected chi connectivity index (χ2v) is 9.02. The molecule has 3 aromatic carbocycles. The van der Waals surface area contributed by atoms with Crippen molar-refractivity contribution in [1.82, 2.24) is 0 Å². The SMILES string of the molecule is CN(CCOC(=O)C=Cc1ccc(Cl)cc1)c1ccc(N=Nc2ccc(S(=O)(=O)O)cc2)cc1. The minimum Gasteiger partial charge on any atom is -0.461 e. The molecule has 0 aliphatic heterocycles. The largest absolute Gasteiger partial charge is 0.461 e. The first-order chi connectivity index (χ1) is 16.2. The van der Waals surface area contributed by atoms with Gasteiger partial charge in [0.2, 0.25) is 0 Å². The number of halogens is 1. The lowest BCUT2D eigenvalue weighted by Crippen LogP contribution is -2.23.